The largest absolute Gasteiger partial charge is 0.399 e. The molecule has 1 aromatic carbocycles. The van der Waals surface area contributed by atoms with E-state index in [1.54, 1.807) is 0 Å². The molecule has 2 rings (SSSR count). The van der Waals surface area contributed by atoms with Crippen molar-refractivity contribution < 1.29 is 9.59 Å². The van der Waals surface area contributed by atoms with Gasteiger partial charge in [-0.3, -0.25) is 14.5 Å². The minimum absolute atomic E-state index is 0.0534. The van der Waals surface area contributed by atoms with Crippen molar-refractivity contribution in [1.82, 2.24) is 4.90 Å². The van der Waals surface area contributed by atoms with E-state index < -0.39 is 0 Å². The topological polar surface area (TPSA) is 63.4 Å². The lowest BCUT2D eigenvalue weighted by atomic mass is 10.1. The molecule has 1 saturated heterocycles. The van der Waals surface area contributed by atoms with Crippen molar-refractivity contribution in [3.63, 3.8) is 0 Å². The molecule has 2 N–H and O–H groups in total. The second kappa shape index (κ2) is 7.56. The number of imide groups is 1. The molecular formula is C15H22N2O2. The fraction of sp³-hybridized carbons (Fsp3) is 0.467. The number of β-lactam (4-membered cyclic amide) rings is 1. The van der Waals surface area contributed by atoms with Crippen LogP contribution >= 0.6 is 0 Å². The van der Waals surface area contributed by atoms with E-state index in [2.05, 4.69) is 13.8 Å². The van der Waals surface area contributed by atoms with Gasteiger partial charge in [-0.25, -0.2) is 0 Å². The molecule has 104 valence electrons. The summed E-state index contributed by atoms with van der Waals surface area (Å²) in [7, 11) is 0. The molecule has 1 aliphatic rings. The predicted octanol–water partition coefficient (Wildman–Crippen LogP) is 2.38. The molecule has 0 radical (unpaired) electrons. The number of amides is 2. The minimum atomic E-state index is -0.0759. The molecule has 4 nitrogen and oxygen atoms in total. The van der Waals surface area contributed by atoms with E-state index in [1.807, 2.05) is 24.3 Å². The number of rotatable bonds is 3. The molecule has 1 fully saturated rings. The number of nitrogens with two attached hydrogens (primary N) is 1. The number of carbonyl (C=O) groups excluding carboxylic acids is 2. The van der Waals surface area contributed by atoms with Crippen LogP contribution in [0.25, 0.3) is 0 Å². The summed E-state index contributed by atoms with van der Waals surface area (Å²) in [5, 5.41) is 0. The molecule has 1 heterocycles. The van der Waals surface area contributed by atoms with Gasteiger partial charge in [0, 0.05) is 25.1 Å². The lowest BCUT2D eigenvalue weighted by Crippen LogP contribution is -2.47. The van der Waals surface area contributed by atoms with Crippen LogP contribution < -0.4 is 5.73 Å². The number of anilines is 1. The zero-order valence-electron chi connectivity index (χ0n) is 11.7. The van der Waals surface area contributed by atoms with Gasteiger partial charge in [0.2, 0.25) is 11.8 Å². The number of nitrogens with zero attached hydrogens (tertiary/aromatic N) is 1. The van der Waals surface area contributed by atoms with Crippen molar-refractivity contribution in [2.45, 2.75) is 39.5 Å². The van der Waals surface area contributed by atoms with Crippen LogP contribution in [-0.2, 0) is 16.0 Å². The van der Waals surface area contributed by atoms with Gasteiger partial charge in [0.15, 0.2) is 0 Å². The molecule has 0 aromatic heterocycles. The maximum atomic E-state index is 11.6. The van der Waals surface area contributed by atoms with Crippen LogP contribution in [0.1, 0.15) is 38.7 Å². The third-order valence-corrected chi connectivity index (χ3v) is 2.76. The standard InChI is InChI=1S/C12H14N2O2.C3H8/c13-10-4-1-9(2-5-10)3-6-11(15)14-8-7-12(14)16;1-3-2/h1-2,4-5H,3,6-8,13H2;3H2,1-2H3. The van der Waals surface area contributed by atoms with E-state index >= 15 is 0 Å². The van der Waals surface area contributed by atoms with Gasteiger partial charge in [-0.1, -0.05) is 32.4 Å². The van der Waals surface area contributed by atoms with Gasteiger partial charge < -0.3 is 5.73 Å². The van der Waals surface area contributed by atoms with Crippen LogP contribution in [0, 0.1) is 0 Å². The zero-order valence-corrected chi connectivity index (χ0v) is 11.7. The molecule has 1 aromatic rings. The molecule has 1 aliphatic heterocycles. The molecule has 0 spiro atoms. The second-order valence-electron chi connectivity index (χ2n) is 4.64. The van der Waals surface area contributed by atoms with E-state index in [9.17, 15) is 9.59 Å². The summed E-state index contributed by atoms with van der Waals surface area (Å²) in [4.78, 5) is 23.9. The van der Waals surface area contributed by atoms with Crippen LogP contribution in [0.2, 0.25) is 0 Å². The SMILES string of the molecule is CCC.Nc1ccc(CCC(=O)N2CCC2=O)cc1. The van der Waals surface area contributed by atoms with Crippen molar-refractivity contribution in [3.8, 4) is 0 Å². The lowest BCUT2D eigenvalue weighted by Gasteiger charge is -2.28. The first-order valence-corrected chi connectivity index (χ1v) is 6.76. The van der Waals surface area contributed by atoms with Crippen LogP contribution in [0.5, 0.6) is 0 Å². The summed E-state index contributed by atoms with van der Waals surface area (Å²) in [6.45, 7) is 4.83. The van der Waals surface area contributed by atoms with Crippen molar-refractivity contribution in [2.75, 3.05) is 12.3 Å². The van der Waals surface area contributed by atoms with Crippen LogP contribution in [0.15, 0.2) is 24.3 Å². The molecular weight excluding hydrogens is 240 g/mol. The minimum Gasteiger partial charge on any atom is -0.399 e. The van der Waals surface area contributed by atoms with Crippen molar-refractivity contribution in [3.05, 3.63) is 29.8 Å². The number of aryl methyl sites for hydroxylation is 1. The van der Waals surface area contributed by atoms with Gasteiger partial charge in [0.05, 0.1) is 0 Å². The highest BCUT2D eigenvalue weighted by Gasteiger charge is 2.29. The van der Waals surface area contributed by atoms with Gasteiger partial charge in [-0.15, -0.1) is 0 Å². The fourth-order valence-corrected chi connectivity index (χ4v) is 1.65. The van der Waals surface area contributed by atoms with Gasteiger partial charge in [-0.05, 0) is 24.1 Å². The highest BCUT2D eigenvalue weighted by molar-refractivity contribution is 5.99. The summed E-state index contributed by atoms with van der Waals surface area (Å²) >= 11 is 0. The quantitative estimate of drug-likeness (QED) is 0.672. The average Bonchev–Trinajstić information content (AvgIpc) is 2.37. The van der Waals surface area contributed by atoms with Gasteiger partial charge in [0.25, 0.3) is 0 Å². The third kappa shape index (κ3) is 4.73. The average molecular weight is 262 g/mol. The maximum absolute atomic E-state index is 11.6. The van der Waals surface area contributed by atoms with Crippen LogP contribution in [-0.4, -0.2) is 23.3 Å². The van der Waals surface area contributed by atoms with Gasteiger partial charge >= 0.3 is 0 Å². The smallest absolute Gasteiger partial charge is 0.230 e. The highest BCUT2D eigenvalue weighted by atomic mass is 16.2. The van der Waals surface area contributed by atoms with Crippen molar-refractivity contribution in [2.24, 2.45) is 0 Å². The molecule has 0 atom stereocenters. The van der Waals surface area contributed by atoms with E-state index in [1.165, 1.54) is 11.3 Å². The normalized spacial score (nSPS) is 13.4. The predicted molar refractivity (Wildman–Crippen MR) is 76.5 cm³/mol. The number of hydrogen-bond acceptors (Lipinski definition) is 3. The number of nitrogen functional groups attached to an aromatic ring is 1. The van der Waals surface area contributed by atoms with Crippen molar-refractivity contribution >= 4 is 17.5 Å². The van der Waals surface area contributed by atoms with Crippen molar-refractivity contribution in [1.29, 1.82) is 0 Å². The molecule has 0 unspecified atom stereocenters. The molecule has 0 bridgehead atoms. The second-order valence-corrected chi connectivity index (χ2v) is 4.64. The lowest BCUT2D eigenvalue weighted by molar-refractivity contribution is -0.152. The molecule has 0 saturated carbocycles. The summed E-state index contributed by atoms with van der Waals surface area (Å²) in [5.74, 6) is -0.129. The Morgan fingerprint density at radius 3 is 2.26 bits per heavy atom. The number of carbonyl (C=O) groups is 2. The Hall–Kier alpha value is -1.84. The van der Waals surface area contributed by atoms with E-state index in [0.29, 0.717) is 31.5 Å². The molecule has 0 aliphatic carbocycles. The molecule has 2 amide bonds. The third-order valence-electron chi connectivity index (χ3n) is 2.76. The van der Waals surface area contributed by atoms with Gasteiger partial charge in [-0.2, -0.15) is 0 Å². The Kier molecular flexibility index (Phi) is 6.06. The Bertz CT molecular complexity index is 426. The molecule has 19 heavy (non-hydrogen) atoms. The van der Waals surface area contributed by atoms with Crippen LogP contribution in [0.3, 0.4) is 0 Å². The Morgan fingerprint density at radius 2 is 1.84 bits per heavy atom. The van der Waals surface area contributed by atoms with E-state index in [0.717, 1.165) is 5.56 Å². The number of hydrogen-bond donors (Lipinski definition) is 1. The summed E-state index contributed by atoms with van der Waals surface area (Å²) in [6, 6.07) is 7.43. The van der Waals surface area contributed by atoms with Crippen LogP contribution in [0.4, 0.5) is 5.69 Å². The monoisotopic (exact) mass is 262 g/mol. The Morgan fingerprint density at radius 1 is 1.26 bits per heavy atom. The van der Waals surface area contributed by atoms with E-state index in [4.69, 9.17) is 5.73 Å². The first-order valence-electron chi connectivity index (χ1n) is 6.76. The van der Waals surface area contributed by atoms with E-state index in [-0.39, 0.29) is 11.8 Å². The first-order chi connectivity index (χ1) is 9.08. The summed E-state index contributed by atoms with van der Waals surface area (Å²) in [5.41, 5.74) is 7.34. The number of benzene rings is 1. The maximum Gasteiger partial charge on any atom is 0.230 e. The highest BCUT2D eigenvalue weighted by Crippen LogP contribution is 2.13. The fourth-order valence-electron chi connectivity index (χ4n) is 1.65. The first kappa shape index (κ1) is 15.2. The summed E-state index contributed by atoms with van der Waals surface area (Å²) in [6.07, 6.45) is 2.80. The Balaban J connectivity index is 0.000000550. The summed E-state index contributed by atoms with van der Waals surface area (Å²) < 4.78 is 0. The number of likely N-dealkylation sites (tertiary alicyclic amines) is 1. The Labute approximate surface area is 114 Å². The molecule has 4 heteroatoms. The zero-order chi connectivity index (χ0) is 14.3. The van der Waals surface area contributed by atoms with Gasteiger partial charge in [0.1, 0.15) is 0 Å².